The quantitative estimate of drug-likeness (QED) is 0.826. The molecule has 0 radical (unpaired) electrons. The first-order chi connectivity index (χ1) is 9.53. The highest BCUT2D eigenvalue weighted by atomic mass is 15.1. The Kier molecular flexibility index (Phi) is 3.23. The number of rotatable bonds is 2. The molecule has 1 atom stereocenters. The van der Waals surface area contributed by atoms with E-state index in [9.17, 15) is 0 Å². The van der Waals surface area contributed by atoms with E-state index in [1.54, 1.807) is 0 Å². The molecule has 0 saturated heterocycles. The maximum Gasteiger partial charge on any atom is 0.109 e. The normalized spacial score (nSPS) is 22.2. The largest absolute Gasteiger partial charge is 0.399 e. The lowest BCUT2D eigenvalue weighted by Gasteiger charge is -2.40. The minimum Gasteiger partial charge on any atom is -0.399 e. The van der Waals surface area contributed by atoms with Crippen molar-refractivity contribution < 1.29 is 0 Å². The van der Waals surface area contributed by atoms with Gasteiger partial charge in [0, 0.05) is 18.2 Å². The van der Waals surface area contributed by atoms with Gasteiger partial charge in [0.05, 0.1) is 11.0 Å². The summed E-state index contributed by atoms with van der Waals surface area (Å²) in [5.41, 5.74) is 9.34. The molecule has 0 amide bonds. The van der Waals surface area contributed by atoms with Gasteiger partial charge in [-0.3, -0.25) is 0 Å². The van der Waals surface area contributed by atoms with Gasteiger partial charge in [-0.1, -0.05) is 33.6 Å². The molecule has 2 N–H and O–H groups in total. The van der Waals surface area contributed by atoms with E-state index in [2.05, 4.69) is 31.4 Å². The zero-order valence-electron chi connectivity index (χ0n) is 12.8. The fraction of sp³-hybridized carbons (Fsp3) is 0.588. The van der Waals surface area contributed by atoms with Gasteiger partial charge in [0.15, 0.2) is 0 Å². The maximum absolute atomic E-state index is 5.91. The van der Waals surface area contributed by atoms with Crippen molar-refractivity contribution in [3.63, 3.8) is 0 Å². The van der Waals surface area contributed by atoms with E-state index < -0.39 is 0 Å². The van der Waals surface area contributed by atoms with Gasteiger partial charge >= 0.3 is 0 Å². The van der Waals surface area contributed by atoms with Gasteiger partial charge in [0.25, 0.3) is 0 Å². The summed E-state index contributed by atoms with van der Waals surface area (Å²) >= 11 is 0. The molecule has 1 fully saturated rings. The van der Waals surface area contributed by atoms with Crippen molar-refractivity contribution in [2.45, 2.75) is 58.9 Å². The molecule has 0 bridgehead atoms. The first kappa shape index (κ1) is 13.5. The highest BCUT2D eigenvalue weighted by Gasteiger charge is 2.35. The predicted molar refractivity (Wildman–Crippen MR) is 84.8 cm³/mol. The summed E-state index contributed by atoms with van der Waals surface area (Å²) in [5, 5.41) is 0. The Hall–Kier alpha value is -1.51. The van der Waals surface area contributed by atoms with Gasteiger partial charge in [0.2, 0.25) is 0 Å². The summed E-state index contributed by atoms with van der Waals surface area (Å²) in [7, 11) is 0. The van der Waals surface area contributed by atoms with Crippen LogP contribution in [0.4, 0.5) is 5.69 Å². The molecule has 2 aromatic rings. The number of benzene rings is 1. The number of nitrogens with zero attached hydrogens (tertiary/aromatic N) is 2. The van der Waals surface area contributed by atoms with Crippen LogP contribution >= 0.6 is 0 Å². The zero-order chi connectivity index (χ0) is 14.3. The lowest BCUT2D eigenvalue weighted by molar-refractivity contribution is 0.145. The van der Waals surface area contributed by atoms with Crippen LogP contribution in [0.5, 0.6) is 0 Å². The molecule has 1 unspecified atom stereocenters. The highest BCUT2D eigenvalue weighted by molar-refractivity contribution is 5.79. The number of fused-ring (bicyclic) bond motifs is 1. The Morgan fingerprint density at radius 1 is 1.35 bits per heavy atom. The fourth-order valence-corrected chi connectivity index (χ4v) is 3.72. The van der Waals surface area contributed by atoms with E-state index in [1.807, 2.05) is 12.1 Å². The van der Waals surface area contributed by atoms with E-state index >= 15 is 0 Å². The van der Waals surface area contributed by atoms with E-state index in [0.29, 0.717) is 11.5 Å². The van der Waals surface area contributed by atoms with E-state index in [1.165, 1.54) is 37.0 Å². The van der Waals surface area contributed by atoms with Gasteiger partial charge in [0.1, 0.15) is 5.82 Å². The number of nitrogens with two attached hydrogens (primary N) is 1. The molecule has 1 aromatic carbocycles. The van der Waals surface area contributed by atoms with Crippen LogP contribution in [-0.2, 0) is 6.42 Å². The second-order valence-electron chi connectivity index (χ2n) is 6.75. The van der Waals surface area contributed by atoms with Crippen LogP contribution in [0.1, 0.15) is 58.3 Å². The van der Waals surface area contributed by atoms with Crippen molar-refractivity contribution in [2.24, 2.45) is 5.41 Å². The van der Waals surface area contributed by atoms with E-state index in [-0.39, 0.29) is 0 Å². The van der Waals surface area contributed by atoms with Crippen LogP contribution in [0.2, 0.25) is 0 Å². The standard InChI is InChI=1S/C17H25N3/c1-4-16-19-13-11-12(18)8-9-14(13)20(16)15-7-5-6-10-17(15,2)3/h8-9,11,15H,4-7,10,18H2,1-3H3. The summed E-state index contributed by atoms with van der Waals surface area (Å²) in [6.45, 7) is 7.00. The van der Waals surface area contributed by atoms with Crippen molar-refractivity contribution in [2.75, 3.05) is 5.73 Å². The summed E-state index contributed by atoms with van der Waals surface area (Å²) < 4.78 is 2.49. The Morgan fingerprint density at radius 3 is 2.85 bits per heavy atom. The molecule has 1 heterocycles. The van der Waals surface area contributed by atoms with Gasteiger partial charge in [-0.2, -0.15) is 0 Å². The summed E-state index contributed by atoms with van der Waals surface area (Å²) in [6, 6.07) is 6.69. The van der Waals surface area contributed by atoms with E-state index in [0.717, 1.165) is 17.6 Å². The molecule has 1 aliphatic carbocycles. The summed E-state index contributed by atoms with van der Waals surface area (Å²) in [5.74, 6) is 1.20. The van der Waals surface area contributed by atoms with Crippen LogP contribution in [0.15, 0.2) is 18.2 Å². The molecule has 3 nitrogen and oxygen atoms in total. The van der Waals surface area contributed by atoms with Crippen molar-refractivity contribution in [1.29, 1.82) is 0 Å². The second-order valence-corrected chi connectivity index (χ2v) is 6.75. The van der Waals surface area contributed by atoms with Crippen molar-refractivity contribution in [1.82, 2.24) is 9.55 Å². The zero-order valence-corrected chi connectivity index (χ0v) is 12.8. The minimum atomic E-state index is 0.344. The molecule has 0 spiro atoms. The van der Waals surface area contributed by atoms with Crippen LogP contribution in [-0.4, -0.2) is 9.55 Å². The van der Waals surface area contributed by atoms with Crippen molar-refractivity contribution >= 4 is 16.7 Å². The molecule has 1 aliphatic rings. The molecule has 1 aromatic heterocycles. The number of aryl methyl sites for hydroxylation is 1. The van der Waals surface area contributed by atoms with Crippen LogP contribution < -0.4 is 5.73 Å². The Bertz CT molecular complexity index is 624. The third kappa shape index (κ3) is 2.09. The highest BCUT2D eigenvalue weighted by Crippen LogP contribution is 2.45. The molecule has 108 valence electrons. The summed E-state index contributed by atoms with van der Waals surface area (Å²) in [4.78, 5) is 4.82. The van der Waals surface area contributed by atoms with Crippen LogP contribution in [0, 0.1) is 5.41 Å². The Labute approximate surface area is 121 Å². The van der Waals surface area contributed by atoms with Gasteiger partial charge in [-0.05, 0) is 36.5 Å². The van der Waals surface area contributed by atoms with Gasteiger partial charge < -0.3 is 10.3 Å². The van der Waals surface area contributed by atoms with Crippen LogP contribution in [0.3, 0.4) is 0 Å². The van der Waals surface area contributed by atoms with Gasteiger partial charge in [-0.25, -0.2) is 4.98 Å². The Morgan fingerprint density at radius 2 is 2.15 bits per heavy atom. The lowest BCUT2D eigenvalue weighted by atomic mass is 9.73. The predicted octanol–water partition coefficient (Wildman–Crippen LogP) is 4.32. The summed E-state index contributed by atoms with van der Waals surface area (Å²) in [6.07, 6.45) is 6.21. The SMILES string of the molecule is CCc1nc2cc(N)ccc2n1C1CCCCC1(C)C. The number of aromatic nitrogens is 2. The first-order valence-electron chi connectivity index (χ1n) is 7.79. The number of nitrogen functional groups attached to an aromatic ring is 1. The van der Waals surface area contributed by atoms with Crippen molar-refractivity contribution in [3.05, 3.63) is 24.0 Å². The average molecular weight is 271 g/mol. The smallest absolute Gasteiger partial charge is 0.109 e. The Balaban J connectivity index is 2.18. The third-order valence-corrected chi connectivity index (χ3v) is 4.87. The number of hydrogen-bond acceptors (Lipinski definition) is 2. The molecule has 3 rings (SSSR count). The molecule has 0 aliphatic heterocycles. The molecule has 1 saturated carbocycles. The molecular formula is C17H25N3. The third-order valence-electron chi connectivity index (χ3n) is 4.87. The average Bonchev–Trinajstić information content (AvgIpc) is 2.75. The van der Waals surface area contributed by atoms with Crippen LogP contribution in [0.25, 0.3) is 11.0 Å². The van der Waals surface area contributed by atoms with Crippen molar-refractivity contribution in [3.8, 4) is 0 Å². The van der Waals surface area contributed by atoms with E-state index in [4.69, 9.17) is 10.7 Å². The molecular weight excluding hydrogens is 246 g/mol. The maximum atomic E-state index is 5.91. The topological polar surface area (TPSA) is 43.8 Å². The second kappa shape index (κ2) is 4.80. The monoisotopic (exact) mass is 271 g/mol. The minimum absolute atomic E-state index is 0.344. The molecule has 20 heavy (non-hydrogen) atoms. The van der Waals surface area contributed by atoms with Gasteiger partial charge in [-0.15, -0.1) is 0 Å². The first-order valence-corrected chi connectivity index (χ1v) is 7.79. The fourth-order valence-electron chi connectivity index (χ4n) is 3.72. The lowest BCUT2D eigenvalue weighted by Crippen LogP contribution is -2.31. The number of imidazole rings is 1. The number of anilines is 1. The number of hydrogen-bond donors (Lipinski definition) is 1. The molecule has 3 heteroatoms.